The second-order valence-corrected chi connectivity index (χ2v) is 14.3. The van der Waals surface area contributed by atoms with E-state index in [0.29, 0.717) is 28.9 Å². The number of esters is 1. The number of aromatic carboxylic acids is 1. The highest BCUT2D eigenvalue weighted by Crippen LogP contribution is 2.33. The molecule has 2 aromatic carbocycles. The number of sulfonamides is 1. The molecule has 0 saturated carbocycles. The summed E-state index contributed by atoms with van der Waals surface area (Å²) in [5, 5.41) is 10.9. The first-order chi connectivity index (χ1) is 26.0. The van der Waals surface area contributed by atoms with Crippen LogP contribution in [0.3, 0.4) is 0 Å². The fourth-order valence-electron chi connectivity index (χ4n) is 4.38. The van der Waals surface area contributed by atoms with Crippen LogP contribution in [0.2, 0.25) is 5.02 Å². The average molecular weight is 858 g/mol. The Morgan fingerprint density at radius 1 is 1.04 bits per heavy atom. The number of alkyl halides is 4. The zero-order chi connectivity index (χ0) is 40.4. The van der Waals surface area contributed by atoms with E-state index in [0.717, 1.165) is 54.1 Å². The number of rotatable bonds is 12. The van der Waals surface area contributed by atoms with Crippen molar-refractivity contribution >= 4 is 74.3 Å². The molecule has 1 aliphatic heterocycles. The van der Waals surface area contributed by atoms with Crippen LogP contribution in [0.1, 0.15) is 23.2 Å². The van der Waals surface area contributed by atoms with Crippen LogP contribution in [0.25, 0.3) is 0 Å². The molecule has 26 heteroatoms. The highest BCUT2D eigenvalue weighted by Gasteiger charge is 2.25. The van der Waals surface area contributed by atoms with E-state index in [1.807, 2.05) is 0 Å². The van der Waals surface area contributed by atoms with Gasteiger partial charge in [-0.3, -0.25) is 19.6 Å². The Morgan fingerprint density at radius 3 is 2.25 bits per heavy atom. The summed E-state index contributed by atoms with van der Waals surface area (Å²) in [6, 6.07) is 5.87. The standard InChI is InChI=1S/C15H15ClFN3O3S2.C14H10F4N4O7S/c1-23-13(21)8-24-12-7-11(10(17)6-9(12)16)18-14-19-4-2-3-5-20(19)15(22)25-14;15-11(16)28-8-5-9(29-12(17)18)20-13(19-8)21-14(25)22-30(26,27)7-4-2-1-3-6(7)10(23)24/h6-7H,2-5,8H2,1H3;1-5,11-12H,(H,23,24)(H2,19,20,21,22,25). The maximum absolute atomic E-state index is 14.3. The SMILES string of the molecule is COC(=O)CSc1cc(N=c2sc(=O)n3n2CCCC3)c(F)cc1Cl.O=C(Nc1nc(OC(F)F)cc(OC(F)F)n1)NS(=O)(=O)c1ccccc1C(=O)O. The monoisotopic (exact) mass is 857 g/mol. The second kappa shape index (κ2) is 18.9. The number of ether oxygens (including phenoxy) is 3. The number of carbonyl (C=O) groups is 3. The predicted molar refractivity (Wildman–Crippen MR) is 183 cm³/mol. The van der Waals surface area contributed by atoms with Gasteiger partial charge < -0.3 is 19.3 Å². The largest absolute Gasteiger partial charge is 0.478 e. The van der Waals surface area contributed by atoms with Crippen LogP contribution < -0.4 is 29.2 Å². The summed E-state index contributed by atoms with van der Waals surface area (Å²) < 4.78 is 105. The Bertz CT molecular complexity index is 2280. The quantitative estimate of drug-likeness (QED) is 0.100. The van der Waals surface area contributed by atoms with Crippen molar-refractivity contribution in [2.24, 2.45) is 4.99 Å². The topological polar surface area (TPSA) is 222 Å². The molecule has 0 bridgehead atoms. The molecule has 0 saturated heterocycles. The highest BCUT2D eigenvalue weighted by molar-refractivity contribution is 8.00. The van der Waals surface area contributed by atoms with Crippen LogP contribution in [-0.4, -0.2) is 76.9 Å². The molecule has 296 valence electrons. The predicted octanol–water partition coefficient (Wildman–Crippen LogP) is 4.68. The number of carboxylic acids is 1. The first kappa shape index (κ1) is 42.5. The molecule has 17 nitrogen and oxygen atoms in total. The zero-order valence-corrected chi connectivity index (χ0v) is 30.8. The number of thioether (sulfide) groups is 1. The van der Waals surface area contributed by atoms with Gasteiger partial charge in [-0.25, -0.2) is 36.8 Å². The summed E-state index contributed by atoms with van der Waals surface area (Å²) >= 11 is 8.17. The summed E-state index contributed by atoms with van der Waals surface area (Å²) in [6.07, 6.45) is 1.90. The third-order valence-electron chi connectivity index (χ3n) is 6.64. The maximum atomic E-state index is 14.3. The Labute approximate surface area is 318 Å². The molecule has 55 heavy (non-hydrogen) atoms. The Kier molecular flexibility index (Phi) is 14.6. The number of halogens is 6. The van der Waals surface area contributed by atoms with Gasteiger partial charge in [0.05, 0.1) is 29.5 Å². The van der Waals surface area contributed by atoms with E-state index in [9.17, 15) is 49.5 Å². The van der Waals surface area contributed by atoms with Gasteiger partial charge in [0.15, 0.2) is 0 Å². The number of hydrogen-bond acceptors (Lipinski definition) is 14. The van der Waals surface area contributed by atoms with Crippen molar-refractivity contribution in [3.8, 4) is 11.8 Å². The lowest BCUT2D eigenvalue weighted by Crippen LogP contribution is -2.35. The van der Waals surface area contributed by atoms with Gasteiger partial charge in [0, 0.05) is 18.0 Å². The summed E-state index contributed by atoms with van der Waals surface area (Å²) in [4.78, 5) is 57.4. The molecule has 0 aliphatic carbocycles. The molecule has 2 aromatic heterocycles. The van der Waals surface area contributed by atoms with Gasteiger partial charge in [0.2, 0.25) is 22.5 Å². The molecule has 5 rings (SSSR count). The highest BCUT2D eigenvalue weighted by atomic mass is 35.5. The lowest BCUT2D eigenvalue weighted by molar-refractivity contribution is -0.137. The normalized spacial score (nSPS) is 12.7. The number of nitrogens with one attached hydrogen (secondary N) is 2. The molecular weight excluding hydrogens is 833 g/mol. The Morgan fingerprint density at radius 2 is 1.65 bits per heavy atom. The molecule has 3 heterocycles. The first-order valence-electron chi connectivity index (χ1n) is 15.0. The van der Waals surface area contributed by atoms with Crippen molar-refractivity contribution < 1.29 is 64.1 Å². The number of aromatic nitrogens is 4. The van der Waals surface area contributed by atoms with Crippen molar-refractivity contribution in [1.29, 1.82) is 0 Å². The van der Waals surface area contributed by atoms with Gasteiger partial charge in [-0.2, -0.15) is 27.5 Å². The van der Waals surface area contributed by atoms with Gasteiger partial charge in [0.25, 0.3) is 10.0 Å². The number of urea groups is 1. The summed E-state index contributed by atoms with van der Waals surface area (Å²) in [5.41, 5.74) is -0.562. The number of carbonyl (C=O) groups excluding carboxylic acids is 2. The van der Waals surface area contributed by atoms with E-state index in [2.05, 4.69) is 29.2 Å². The lowest BCUT2D eigenvalue weighted by Gasteiger charge is -2.15. The number of methoxy groups -OCH3 is 1. The van der Waals surface area contributed by atoms with Crippen LogP contribution in [0.5, 0.6) is 11.8 Å². The summed E-state index contributed by atoms with van der Waals surface area (Å²) in [5.74, 6) is -5.38. The van der Waals surface area contributed by atoms with E-state index < -0.39 is 75.2 Å². The van der Waals surface area contributed by atoms with Crippen molar-refractivity contribution in [2.45, 2.75) is 48.9 Å². The van der Waals surface area contributed by atoms with Crippen LogP contribution in [0, 0.1) is 5.82 Å². The first-order valence-corrected chi connectivity index (χ1v) is 18.6. The molecule has 1 aliphatic rings. The lowest BCUT2D eigenvalue weighted by atomic mass is 10.2. The van der Waals surface area contributed by atoms with Crippen LogP contribution >= 0.6 is 34.7 Å². The van der Waals surface area contributed by atoms with Gasteiger partial charge in [-0.05, 0) is 48.4 Å². The minimum atomic E-state index is -4.71. The molecule has 0 spiro atoms. The molecule has 3 N–H and O–H groups in total. The number of carboxylic acid groups (broad SMARTS) is 1. The minimum absolute atomic E-state index is 0.0605. The number of nitrogens with zero attached hydrogens (tertiary/aromatic N) is 5. The van der Waals surface area contributed by atoms with Gasteiger partial charge in [0.1, 0.15) is 16.4 Å². The fourth-order valence-corrected chi connectivity index (χ4v) is 7.47. The van der Waals surface area contributed by atoms with E-state index in [4.69, 9.17) is 16.7 Å². The molecule has 4 aromatic rings. The van der Waals surface area contributed by atoms with Crippen molar-refractivity contribution in [1.82, 2.24) is 24.1 Å². The average Bonchev–Trinajstić information content (AvgIpc) is 3.42. The van der Waals surface area contributed by atoms with Gasteiger partial charge in [-0.15, -0.1) is 11.8 Å². The Hall–Kier alpha value is -5.27. The van der Waals surface area contributed by atoms with E-state index in [1.54, 1.807) is 14.7 Å². The minimum Gasteiger partial charge on any atom is -0.478 e. The van der Waals surface area contributed by atoms with Crippen molar-refractivity contribution in [3.63, 3.8) is 0 Å². The van der Waals surface area contributed by atoms with E-state index >= 15 is 0 Å². The second-order valence-electron chi connectivity index (χ2n) is 10.3. The number of amides is 2. The molecule has 0 fully saturated rings. The smallest absolute Gasteiger partial charge is 0.388 e. The van der Waals surface area contributed by atoms with Crippen LogP contribution in [0.4, 0.5) is 38.4 Å². The number of benzene rings is 2. The molecule has 0 atom stereocenters. The van der Waals surface area contributed by atoms with Crippen molar-refractivity contribution in [2.75, 3.05) is 18.2 Å². The number of hydrogen-bond donors (Lipinski definition) is 3. The molecule has 0 unspecified atom stereocenters. The summed E-state index contributed by atoms with van der Waals surface area (Å²) in [7, 11) is -3.42. The molecule has 2 amide bonds. The van der Waals surface area contributed by atoms with E-state index in [-0.39, 0.29) is 21.3 Å². The van der Waals surface area contributed by atoms with Crippen LogP contribution in [0.15, 0.2) is 62.0 Å². The van der Waals surface area contributed by atoms with Gasteiger partial charge in [-0.1, -0.05) is 23.7 Å². The number of anilines is 1. The third kappa shape index (κ3) is 11.9. The maximum Gasteiger partial charge on any atom is 0.388 e. The number of fused-ring (bicyclic) bond motifs is 1. The van der Waals surface area contributed by atoms with E-state index in [1.165, 1.54) is 30.0 Å². The van der Waals surface area contributed by atoms with Gasteiger partial charge >= 0.3 is 36.1 Å². The Balaban J connectivity index is 0.000000248. The molecular formula is C29H25ClF5N7O10S3. The van der Waals surface area contributed by atoms with Crippen molar-refractivity contribution in [3.05, 3.63) is 73.3 Å². The molecule has 0 radical (unpaired) electrons. The van der Waals surface area contributed by atoms with Crippen LogP contribution in [-0.2, 0) is 32.6 Å². The zero-order valence-electron chi connectivity index (χ0n) is 27.6. The summed E-state index contributed by atoms with van der Waals surface area (Å²) in [6.45, 7) is -5.49. The fraction of sp³-hybridized carbons (Fsp3) is 0.276. The third-order valence-corrected chi connectivity index (χ3v) is 10.4.